The van der Waals surface area contributed by atoms with Crippen molar-refractivity contribution in [2.75, 3.05) is 6.54 Å². The summed E-state index contributed by atoms with van der Waals surface area (Å²) in [5.41, 5.74) is 2.88. The van der Waals surface area contributed by atoms with Crippen molar-refractivity contribution in [1.82, 2.24) is 14.9 Å². The first-order valence-corrected chi connectivity index (χ1v) is 9.37. The molecule has 0 bridgehead atoms. The molecule has 2 aromatic heterocycles. The van der Waals surface area contributed by atoms with Crippen molar-refractivity contribution in [3.63, 3.8) is 0 Å². The first kappa shape index (κ1) is 16.0. The summed E-state index contributed by atoms with van der Waals surface area (Å²) in [4.78, 5) is 23.8. The molecular weight excluding hydrogens is 334 g/mol. The van der Waals surface area contributed by atoms with E-state index >= 15 is 0 Å². The van der Waals surface area contributed by atoms with E-state index in [1.165, 1.54) is 16.9 Å². The van der Waals surface area contributed by atoms with Crippen LogP contribution in [-0.2, 0) is 6.42 Å². The Bertz CT molecular complexity index is 829. The van der Waals surface area contributed by atoms with E-state index in [0.717, 1.165) is 31.6 Å². The number of aromatic nitrogens is 2. The molecule has 1 fully saturated rings. The molecule has 0 N–H and O–H groups in total. The van der Waals surface area contributed by atoms with E-state index in [4.69, 9.17) is 4.42 Å². The first-order valence-electron chi connectivity index (χ1n) is 8.49. The maximum absolute atomic E-state index is 12.8. The zero-order valence-electron chi connectivity index (χ0n) is 13.8. The van der Waals surface area contributed by atoms with E-state index in [1.54, 1.807) is 17.9 Å². The van der Waals surface area contributed by atoms with Gasteiger partial charge < -0.3 is 9.32 Å². The van der Waals surface area contributed by atoms with Crippen molar-refractivity contribution in [2.45, 2.75) is 31.7 Å². The van der Waals surface area contributed by atoms with Gasteiger partial charge in [0.1, 0.15) is 16.7 Å². The van der Waals surface area contributed by atoms with Crippen LogP contribution in [0.2, 0.25) is 0 Å². The van der Waals surface area contributed by atoms with Gasteiger partial charge in [0, 0.05) is 13.0 Å². The summed E-state index contributed by atoms with van der Waals surface area (Å²) in [5.74, 6) is 1.50. The second-order valence-corrected chi connectivity index (χ2v) is 7.09. The third-order valence-electron chi connectivity index (χ3n) is 4.48. The van der Waals surface area contributed by atoms with Crippen LogP contribution >= 0.6 is 11.3 Å². The maximum Gasteiger partial charge on any atom is 0.266 e. The zero-order chi connectivity index (χ0) is 17.1. The summed E-state index contributed by atoms with van der Waals surface area (Å²) >= 11 is 1.38. The van der Waals surface area contributed by atoms with Crippen molar-refractivity contribution >= 4 is 17.2 Å². The second kappa shape index (κ2) is 7.19. The molecule has 5 nitrogen and oxygen atoms in total. The Morgan fingerprint density at radius 3 is 2.92 bits per heavy atom. The molecule has 0 aliphatic carbocycles. The molecule has 4 rings (SSSR count). The predicted octanol–water partition coefficient (Wildman–Crippen LogP) is 4.09. The highest BCUT2D eigenvalue weighted by molar-refractivity contribution is 7.11. The average molecular weight is 353 g/mol. The van der Waals surface area contributed by atoms with Crippen LogP contribution in [-0.4, -0.2) is 27.3 Å². The number of carbonyl (C=O) groups is 1. The summed E-state index contributed by atoms with van der Waals surface area (Å²) in [6.45, 7) is 0.734. The number of oxazole rings is 1. The summed E-state index contributed by atoms with van der Waals surface area (Å²) < 4.78 is 6.01. The molecule has 1 saturated heterocycles. The number of nitrogens with zero attached hydrogens (tertiary/aromatic N) is 3. The molecule has 1 aliphatic rings. The lowest BCUT2D eigenvalue weighted by atomic mass is 10.0. The number of hydrogen-bond donors (Lipinski definition) is 0. The Hall–Kier alpha value is -2.47. The highest BCUT2D eigenvalue weighted by atomic mass is 32.1. The van der Waals surface area contributed by atoms with Gasteiger partial charge in [-0.25, -0.2) is 4.98 Å². The van der Waals surface area contributed by atoms with Gasteiger partial charge in [-0.2, -0.15) is 0 Å². The zero-order valence-corrected chi connectivity index (χ0v) is 14.6. The van der Waals surface area contributed by atoms with E-state index in [1.807, 2.05) is 23.1 Å². The Morgan fingerprint density at radius 2 is 2.12 bits per heavy atom. The lowest BCUT2D eigenvalue weighted by Crippen LogP contribution is -2.38. The number of carbonyl (C=O) groups excluding carboxylic acids is 1. The number of piperidine rings is 1. The van der Waals surface area contributed by atoms with Crippen LogP contribution in [0.25, 0.3) is 0 Å². The van der Waals surface area contributed by atoms with E-state index < -0.39 is 0 Å². The molecule has 1 aliphatic heterocycles. The van der Waals surface area contributed by atoms with Gasteiger partial charge in [-0.1, -0.05) is 30.3 Å². The van der Waals surface area contributed by atoms with Crippen molar-refractivity contribution < 1.29 is 9.21 Å². The van der Waals surface area contributed by atoms with Crippen molar-refractivity contribution in [3.05, 3.63) is 70.3 Å². The maximum atomic E-state index is 12.8. The SMILES string of the molecule is O=C(c1cncs1)N1CCCC[C@H]1c1ncc(Cc2ccccc2)o1. The smallest absolute Gasteiger partial charge is 0.266 e. The van der Waals surface area contributed by atoms with E-state index in [2.05, 4.69) is 22.1 Å². The molecule has 25 heavy (non-hydrogen) atoms. The number of rotatable bonds is 4. The molecule has 128 valence electrons. The van der Waals surface area contributed by atoms with Gasteiger partial charge in [0.15, 0.2) is 0 Å². The van der Waals surface area contributed by atoms with Gasteiger partial charge in [-0.3, -0.25) is 9.78 Å². The van der Waals surface area contributed by atoms with Gasteiger partial charge in [-0.05, 0) is 24.8 Å². The third kappa shape index (κ3) is 3.49. The van der Waals surface area contributed by atoms with Crippen LogP contribution in [0.3, 0.4) is 0 Å². The van der Waals surface area contributed by atoms with Crippen molar-refractivity contribution in [2.24, 2.45) is 0 Å². The molecule has 1 amide bonds. The Morgan fingerprint density at radius 1 is 1.24 bits per heavy atom. The quantitative estimate of drug-likeness (QED) is 0.709. The van der Waals surface area contributed by atoms with Gasteiger partial charge >= 0.3 is 0 Å². The molecule has 0 radical (unpaired) electrons. The van der Waals surface area contributed by atoms with E-state index in [0.29, 0.717) is 17.2 Å². The van der Waals surface area contributed by atoms with Crippen LogP contribution in [0.5, 0.6) is 0 Å². The van der Waals surface area contributed by atoms with Crippen LogP contribution < -0.4 is 0 Å². The molecular formula is C19H19N3O2S. The molecule has 6 heteroatoms. The third-order valence-corrected chi connectivity index (χ3v) is 5.25. The van der Waals surface area contributed by atoms with Crippen molar-refractivity contribution in [1.29, 1.82) is 0 Å². The minimum atomic E-state index is -0.0899. The lowest BCUT2D eigenvalue weighted by molar-refractivity contribution is 0.0575. The van der Waals surface area contributed by atoms with Crippen LogP contribution in [0.1, 0.15) is 52.2 Å². The van der Waals surface area contributed by atoms with Gasteiger partial charge in [0.05, 0.1) is 17.9 Å². The number of thiazole rings is 1. The van der Waals surface area contributed by atoms with Crippen LogP contribution in [0.15, 0.2) is 52.7 Å². The highest BCUT2D eigenvalue weighted by Crippen LogP contribution is 2.32. The minimum absolute atomic E-state index is 0.0232. The first-order chi connectivity index (χ1) is 12.3. The van der Waals surface area contributed by atoms with Gasteiger partial charge in [-0.15, -0.1) is 11.3 Å². The van der Waals surface area contributed by atoms with Crippen LogP contribution in [0.4, 0.5) is 0 Å². The normalized spacial score (nSPS) is 17.6. The fraction of sp³-hybridized carbons (Fsp3) is 0.316. The fourth-order valence-corrected chi connectivity index (χ4v) is 3.82. The Labute approximate surface area is 150 Å². The number of likely N-dealkylation sites (tertiary alicyclic amines) is 1. The predicted molar refractivity (Wildman–Crippen MR) is 95.5 cm³/mol. The summed E-state index contributed by atoms with van der Waals surface area (Å²) in [7, 11) is 0. The van der Waals surface area contributed by atoms with Crippen LogP contribution in [0, 0.1) is 0 Å². The largest absolute Gasteiger partial charge is 0.443 e. The van der Waals surface area contributed by atoms with Gasteiger partial charge in [0.25, 0.3) is 5.91 Å². The molecule has 1 aromatic carbocycles. The number of amides is 1. The summed E-state index contributed by atoms with van der Waals surface area (Å²) in [6.07, 6.45) is 7.10. The number of benzene rings is 1. The topological polar surface area (TPSA) is 59.2 Å². The summed E-state index contributed by atoms with van der Waals surface area (Å²) in [6, 6.07) is 10.1. The lowest BCUT2D eigenvalue weighted by Gasteiger charge is -2.33. The highest BCUT2D eigenvalue weighted by Gasteiger charge is 2.32. The van der Waals surface area contributed by atoms with E-state index in [9.17, 15) is 4.79 Å². The molecule has 3 heterocycles. The molecule has 1 atom stereocenters. The molecule has 0 unspecified atom stereocenters. The second-order valence-electron chi connectivity index (χ2n) is 6.20. The minimum Gasteiger partial charge on any atom is -0.443 e. The van der Waals surface area contributed by atoms with E-state index in [-0.39, 0.29) is 11.9 Å². The Kier molecular flexibility index (Phi) is 4.61. The monoisotopic (exact) mass is 353 g/mol. The summed E-state index contributed by atoms with van der Waals surface area (Å²) in [5, 5.41) is 0. The molecule has 0 spiro atoms. The standard InChI is InChI=1S/C19H19N3O2S/c23-19(17-12-20-13-25-17)22-9-5-4-8-16(22)18-21-11-15(24-18)10-14-6-2-1-3-7-14/h1-3,6-7,11-13,16H,4-5,8-10H2/t16-/m0/s1. The number of hydrogen-bond acceptors (Lipinski definition) is 5. The Balaban J connectivity index is 1.54. The molecule has 3 aromatic rings. The fourth-order valence-electron chi connectivity index (χ4n) is 3.25. The van der Waals surface area contributed by atoms with Crippen molar-refractivity contribution in [3.8, 4) is 0 Å². The molecule has 0 saturated carbocycles. The van der Waals surface area contributed by atoms with Gasteiger partial charge in [0.2, 0.25) is 5.89 Å². The average Bonchev–Trinajstić information content (AvgIpc) is 3.34.